The molecule has 0 atom stereocenters. The van der Waals surface area contributed by atoms with E-state index < -0.39 is 5.91 Å². The minimum Gasteiger partial charge on any atom is -0.488 e. The number of hydrogen-bond donors (Lipinski definition) is 1. The number of nitrogens with one attached hydrogen (secondary N) is 1. The van der Waals surface area contributed by atoms with Gasteiger partial charge in [-0.2, -0.15) is 5.26 Å². The van der Waals surface area contributed by atoms with Gasteiger partial charge in [-0.1, -0.05) is 46.9 Å². The summed E-state index contributed by atoms with van der Waals surface area (Å²) >= 11 is 17.8. The summed E-state index contributed by atoms with van der Waals surface area (Å²) in [5.74, 6) is 0.222. The molecule has 0 heterocycles. The lowest BCUT2D eigenvalue weighted by atomic mass is 10.0. The van der Waals surface area contributed by atoms with Gasteiger partial charge < -0.3 is 10.1 Å². The van der Waals surface area contributed by atoms with E-state index >= 15 is 0 Å². The second-order valence-electron chi connectivity index (χ2n) is 7.15. The van der Waals surface area contributed by atoms with Crippen molar-refractivity contribution in [1.82, 2.24) is 0 Å². The quantitative estimate of drug-likeness (QED) is 0.292. The minimum absolute atomic E-state index is 0.0373. The lowest BCUT2D eigenvalue weighted by Gasteiger charge is -2.13. The van der Waals surface area contributed by atoms with Gasteiger partial charge >= 0.3 is 0 Å². The molecule has 0 fully saturated rings. The van der Waals surface area contributed by atoms with Crippen molar-refractivity contribution in [3.05, 3.63) is 97.5 Å². The fourth-order valence-electron chi connectivity index (χ4n) is 3.12. The lowest BCUT2D eigenvalue weighted by molar-refractivity contribution is -0.112. The Morgan fingerprint density at radius 3 is 2.25 bits per heavy atom. The molecule has 0 bridgehead atoms. The summed E-state index contributed by atoms with van der Waals surface area (Å²) in [4.78, 5) is 12.6. The molecule has 7 heteroatoms. The van der Waals surface area contributed by atoms with Crippen molar-refractivity contribution in [2.45, 2.75) is 20.5 Å². The van der Waals surface area contributed by atoms with E-state index in [4.69, 9.17) is 39.5 Å². The first kappa shape index (κ1) is 23.7. The van der Waals surface area contributed by atoms with Gasteiger partial charge in [-0.15, -0.1) is 0 Å². The van der Waals surface area contributed by atoms with Gasteiger partial charge in [-0.3, -0.25) is 4.79 Å². The third kappa shape index (κ3) is 6.05. The van der Waals surface area contributed by atoms with Gasteiger partial charge in [-0.05, 0) is 84.6 Å². The maximum absolute atomic E-state index is 12.6. The van der Waals surface area contributed by atoms with Crippen LogP contribution in [0.5, 0.6) is 5.75 Å². The van der Waals surface area contributed by atoms with Gasteiger partial charge in [0.15, 0.2) is 0 Å². The molecule has 0 aliphatic carbocycles. The van der Waals surface area contributed by atoms with Gasteiger partial charge in [0.2, 0.25) is 0 Å². The molecule has 0 unspecified atom stereocenters. The maximum atomic E-state index is 12.6. The summed E-state index contributed by atoms with van der Waals surface area (Å²) < 4.78 is 6.00. The number of nitrogens with zero attached hydrogens (tertiary/aromatic N) is 1. The largest absolute Gasteiger partial charge is 0.488 e. The number of ether oxygens (including phenoxy) is 1. The SMILES string of the molecule is Cc1cc(/C=C(\C#N)C(=O)Nc2ccc(Cl)c(Cl)c2)cc(C)c1OCc1ccc(Cl)cc1. The van der Waals surface area contributed by atoms with Crippen LogP contribution in [0.2, 0.25) is 15.1 Å². The Hall–Kier alpha value is -2.97. The third-order valence-electron chi connectivity index (χ3n) is 4.63. The van der Waals surface area contributed by atoms with E-state index in [1.54, 1.807) is 12.1 Å². The molecule has 1 N–H and O–H groups in total. The lowest BCUT2D eigenvalue weighted by Crippen LogP contribution is -2.13. The van der Waals surface area contributed by atoms with Crippen LogP contribution in [0.15, 0.2) is 60.2 Å². The number of hydrogen-bond acceptors (Lipinski definition) is 3. The van der Waals surface area contributed by atoms with Crippen molar-refractivity contribution in [1.29, 1.82) is 5.26 Å². The number of carbonyl (C=O) groups is 1. The minimum atomic E-state index is -0.538. The molecule has 0 saturated heterocycles. The molecule has 3 aromatic carbocycles. The first-order valence-corrected chi connectivity index (χ1v) is 10.8. The highest BCUT2D eigenvalue weighted by Gasteiger charge is 2.12. The van der Waals surface area contributed by atoms with E-state index in [2.05, 4.69) is 5.32 Å². The van der Waals surface area contributed by atoms with Gasteiger partial charge in [0.25, 0.3) is 5.91 Å². The molecule has 32 heavy (non-hydrogen) atoms. The third-order valence-corrected chi connectivity index (χ3v) is 5.62. The van der Waals surface area contributed by atoms with Crippen LogP contribution in [-0.2, 0) is 11.4 Å². The van der Waals surface area contributed by atoms with Crippen LogP contribution in [0.25, 0.3) is 6.08 Å². The van der Waals surface area contributed by atoms with E-state index in [0.717, 1.165) is 28.0 Å². The zero-order valence-corrected chi connectivity index (χ0v) is 19.6. The van der Waals surface area contributed by atoms with Crippen molar-refractivity contribution in [2.24, 2.45) is 0 Å². The number of aryl methyl sites for hydroxylation is 2. The predicted octanol–water partition coefficient (Wildman–Crippen LogP) is 7.39. The second-order valence-corrected chi connectivity index (χ2v) is 8.40. The average molecular weight is 486 g/mol. The first-order chi connectivity index (χ1) is 15.3. The zero-order chi connectivity index (χ0) is 23.3. The molecule has 4 nitrogen and oxygen atoms in total. The summed E-state index contributed by atoms with van der Waals surface area (Å²) in [5, 5.41) is 13.5. The van der Waals surface area contributed by atoms with Crippen molar-refractivity contribution in [3.8, 4) is 11.8 Å². The molecule has 0 spiro atoms. The Kier molecular flexibility index (Phi) is 7.82. The summed E-state index contributed by atoms with van der Waals surface area (Å²) in [6.45, 7) is 4.25. The van der Waals surface area contributed by atoms with Crippen molar-refractivity contribution in [2.75, 3.05) is 5.32 Å². The zero-order valence-electron chi connectivity index (χ0n) is 17.4. The Balaban J connectivity index is 1.77. The number of benzene rings is 3. The van der Waals surface area contributed by atoms with E-state index in [1.165, 1.54) is 12.1 Å². The molecule has 0 aliphatic heterocycles. The smallest absolute Gasteiger partial charge is 0.266 e. The van der Waals surface area contributed by atoms with E-state index in [9.17, 15) is 10.1 Å². The summed E-state index contributed by atoms with van der Waals surface area (Å²) in [7, 11) is 0. The molecule has 162 valence electrons. The Morgan fingerprint density at radius 2 is 1.66 bits per heavy atom. The van der Waals surface area contributed by atoms with Crippen LogP contribution in [0.3, 0.4) is 0 Å². The molecule has 0 aromatic heterocycles. The summed E-state index contributed by atoms with van der Waals surface area (Å²) in [6, 6.07) is 17.9. The molecule has 1 amide bonds. The number of amides is 1. The standard InChI is InChI=1S/C25H19Cl3N2O2/c1-15-9-18(10-16(2)24(15)32-14-17-3-5-20(26)6-4-17)11-19(13-29)25(31)30-21-7-8-22(27)23(28)12-21/h3-12H,14H2,1-2H3,(H,30,31)/b19-11+. The van der Waals surface area contributed by atoms with Gasteiger partial charge in [0.05, 0.1) is 10.0 Å². The van der Waals surface area contributed by atoms with Crippen LogP contribution in [0, 0.1) is 25.2 Å². The van der Waals surface area contributed by atoms with E-state index in [-0.39, 0.29) is 5.57 Å². The molecular formula is C25H19Cl3N2O2. The highest BCUT2D eigenvalue weighted by molar-refractivity contribution is 6.42. The average Bonchev–Trinajstić information content (AvgIpc) is 2.75. The topological polar surface area (TPSA) is 62.1 Å². The second kappa shape index (κ2) is 10.6. The molecule has 0 radical (unpaired) electrons. The van der Waals surface area contributed by atoms with Crippen LogP contribution in [0.4, 0.5) is 5.69 Å². The Labute approximate surface area is 202 Å². The highest BCUT2D eigenvalue weighted by Crippen LogP contribution is 2.28. The number of carbonyl (C=O) groups excluding carboxylic acids is 1. The number of halogens is 3. The molecule has 0 aliphatic rings. The Bertz CT molecular complexity index is 1210. The number of anilines is 1. The van der Waals surface area contributed by atoms with E-state index in [1.807, 2.05) is 56.3 Å². The van der Waals surface area contributed by atoms with Gasteiger partial charge in [0.1, 0.15) is 24.0 Å². The molecule has 0 saturated carbocycles. The summed E-state index contributed by atoms with van der Waals surface area (Å²) in [5.41, 5.74) is 3.93. The van der Waals surface area contributed by atoms with Crippen LogP contribution in [-0.4, -0.2) is 5.91 Å². The van der Waals surface area contributed by atoms with Crippen molar-refractivity contribution >= 4 is 52.5 Å². The van der Waals surface area contributed by atoms with Gasteiger partial charge in [-0.25, -0.2) is 0 Å². The molecule has 3 aromatic rings. The fraction of sp³-hybridized carbons (Fsp3) is 0.120. The van der Waals surface area contributed by atoms with Gasteiger partial charge in [0, 0.05) is 10.7 Å². The van der Waals surface area contributed by atoms with Crippen LogP contribution in [0.1, 0.15) is 22.3 Å². The first-order valence-electron chi connectivity index (χ1n) is 9.63. The van der Waals surface area contributed by atoms with E-state index in [0.29, 0.717) is 27.4 Å². The molecular weight excluding hydrogens is 467 g/mol. The predicted molar refractivity (Wildman–Crippen MR) is 130 cm³/mol. The van der Waals surface area contributed by atoms with Crippen LogP contribution < -0.4 is 10.1 Å². The fourth-order valence-corrected chi connectivity index (χ4v) is 3.54. The van der Waals surface area contributed by atoms with Crippen LogP contribution >= 0.6 is 34.8 Å². The maximum Gasteiger partial charge on any atom is 0.266 e. The Morgan fingerprint density at radius 1 is 1.00 bits per heavy atom. The van der Waals surface area contributed by atoms with Crippen molar-refractivity contribution < 1.29 is 9.53 Å². The monoisotopic (exact) mass is 484 g/mol. The molecule has 3 rings (SSSR count). The highest BCUT2D eigenvalue weighted by atomic mass is 35.5. The number of nitriles is 1. The number of rotatable bonds is 6. The summed E-state index contributed by atoms with van der Waals surface area (Å²) in [6.07, 6.45) is 1.54. The van der Waals surface area contributed by atoms with Crippen molar-refractivity contribution in [3.63, 3.8) is 0 Å². The normalized spacial score (nSPS) is 11.1.